The van der Waals surface area contributed by atoms with Crippen LogP contribution in [0, 0.1) is 0 Å². The lowest BCUT2D eigenvalue weighted by Crippen LogP contribution is -2.26. The van der Waals surface area contributed by atoms with E-state index in [0.29, 0.717) is 12.1 Å². The van der Waals surface area contributed by atoms with Crippen LogP contribution in [0.4, 0.5) is 5.69 Å². The minimum absolute atomic E-state index is 0.0536. The summed E-state index contributed by atoms with van der Waals surface area (Å²) in [6.45, 7) is 0.573. The van der Waals surface area contributed by atoms with Crippen LogP contribution in [0.3, 0.4) is 0 Å². The monoisotopic (exact) mass is 284 g/mol. The second-order valence-electron chi connectivity index (χ2n) is 4.80. The Hall–Kier alpha value is -2.33. The quantitative estimate of drug-likeness (QED) is 0.917. The Morgan fingerprint density at radius 1 is 1.19 bits per heavy atom. The average Bonchev–Trinajstić information content (AvgIpc) is 2.54. The molecule has 0 aromatic heterocycles. The Bertz CT molecular complexity index is 626. The highest BCUT2D eigenvalue weighted by Crippen LogP contribution is 2.21. The van der Waals surface area contributed by atoms with E-state index in [9.17, 15) is 4.79 Å². The van der Waals surface area contributed by atoms with Crippen LogP contribution in [0.2, 0.25) is 0 Å². The predicted molar refractivity (Wildman–Crippen MR) is 84.9 cm³/mol. The number of nitrogens with two attached hydrogens (primary N) is 1. The van der Waals surface area contributed by atoms with Gasteiger partial charge in [0.05, 0.1) is 7.11 Å². The molecule has 0 saturated heterocycles. The van der Waals surface area contributed by atoms with Crippen molar-refractivity contribution in [2.45, 2.75) is 6.42 Å². The molecule has 4 heteroatoms. The molecule has 21 heavy (non-hydrogen) atoms. The summed E-state index contributed by atoms with van der Waals surface area (Å²) in [7, 11) is 3.37. The summed E-state index contributed by atoms with van der Waals surface area (Å²) in [5, 5.41) is 0. The smallest absolute Gasteiger partial charge is 0.258 e. The van der Waals surface area contributed by atoms with Gasteiger partial charge in [0.25, 0.3) is 5.91 Å². The zero-order valence-electron chi connectivity index (χ0n) is 12.4. The fourth-order valence-corrected chi connectivity index (χ4v) is 2.16. The molecule has 0 atom stereocenters. The van der Waals surface area contributed by atoms with Crippen LogP contribution in [0.25, 0.3) is 0 Å². The molecule has 2 aromatic carbocycles. The van der Waals surface area contributed by atoms with Gasteiger partial charge in [-0.2, -0.15) is 0 Å². The summed E-state index contributed by atoms with van der Waals surface area (Å²) in [6.07, 6.45) is 0.768. The third kappa shape index (κ3) is 3.61. The van der Waals surface area contributed by atoms with E-state index >= 15 is 0 Å². The number of methoxy groups -OCH3 is 1. The van der Waals surface area contributed by atoms with Gasteiger partial charge in [-0.1, -0.05) is 18.2 Å². The zero-order chi connectivity index (χ0) is 15.2. The van der Waals surface area contributed by atoms with E-state index in [2.05, 4.69) is 0 Å². The Morgan fingerprint density at radius 3 is 2.67 bits per heavy atom. The molecule has 0 fully saturated rings. The van der Waals surface area contributed by atoms with Gasteiger partial charge in [0, 0.05) is 24.4 Å². The van der Waals surface area contributed by atoms with E-state index in [-0.39, 0.29) is 5.91 Å². The number of carbonyl (C=O) groups excluding carboxylic acids is 1. The normalized spacial score (nSPS) is 10.2. The molecule has 0 bridgehead atoms. The predicted octanol–water partition coefficient (Wildman–Crippen LogP) is 2.47. The van der Waals surface area contributed by atoms with E-state index < -0.39 is 0 Å². The van der Waals surface area contributed by atoms with Crippen LogP contribution in [-0.2, 0) is 6.42 Å². The SMILES string of the molecule is COc1cccc(N(C)C(=O)c2cccc(CCN)c2)c1. The summed E-state index contributed by atoms with van der Waals surface area (Å²) in [4.78, 5) is 14.2. The third-order valence-electron chi connectivity index (χ3n) is 3.35. The van der Waals surface area contributed by atoms with Crippen LogP contribution in [0.15, 0.2) is 48.5 Å². The van der Waals surface area contributed by atoms with Crippen LogP contribution >= 0.6 is 0 Å². The lowest BCUT2D eigenvalue weighted by Gasteiger charge is -2.18. The highest BCUT2D eigenvalue weighted by Gasteiger charge is 2.14. The number of rotatable bonds is 5. The van der Waals surface area contributed by atoms with Gasteiger partial charge in [0.15, 0.2) is 0 Å². The van der Waals surface area contributed by atoms with E-state index in [4.69, 9.17) is 10.5 Å². The Labute approximate surface area is 125 Å². The largest absolute Gasteiger partial charge is 0.497 e. The van der Waals surface area contributed by atoms with Crippen LogP contribution in [0.1, 0.15) is 15.9 Å². The second-order valence-corrected chi connectivity index (χ2v) is 4.80. The first-order chi connectivity index (χ1) is 10.2. The van der Waals surface area contributed by atoms with Crippen molar-refractivity contribution in [2.75, 3.05) is 25.6 Å². The molecule has 4 nitrogen and oxygen atoms in total. The molecule has 0 spiro atoms. The molecule has 0 radical (unpaired) electrons. The van der Waals surface area contributed by atoms with Crippen molar-refractivity contribution in [1.29, 1.82) is 0 Å². The highest BCUT2D eigenvalue weighted by molar-refractivity contribution is 6.05. The molecule has 0 heterocycles. The van der Waals surface area contributed by atoms with Crippen molar-refractivity contribution in [3.8, 4) is 5.75 Å². The maximum absolute atomic E-state index is 12.6. The van der Waals surface area contributed by atoms with Crippen molar-refractivity contribution in [3.63, 3.8) is 0 Å². The second kappa shape index (κ2) is 6.90. The van der Waals surface area contributed by atoms with Gasteiger partial charge in [-0.3, -0.25) is 4.79 Å². The number of anilines is 1. The van der Waals surface area contributed by atoms with E-state index in [1.165, 1.54) is 0 Å². The molecule has 1 amide bonds. The minimum Gasteiger partial charge on any atom is -0.497 e. The topological polar surface area (TPSA) is 55.6 Å². The number of nitrogens with zero attached hydrogens (tertiary/aromatic N) is 1. The number of ether oxygens (including phenoxy) is 1. The summed E-state index contributed by atoms with van der Waals surface area (Å²) >= 11 is 0. The van der Waals surface area contributed by atoms with Gasteiger partial charge in [0.1, 0.15) is 5.75 Å². The highest BCUT2D eigenvalue weighted by atomic mass is 16.5. The maximum Gasteiger partial charge on any atom is 0.258 e. The van der Waals surface area contributed by atoms with Gasteiger partial charge in [-0.05, 0) is 42.8 Å². The van der Waals surface area contributed by atoms with Crippen molar-refractivity contribution >= 4 is 11.6 Å². The van der Waals surface area contributed by atoms with Crippen LogP contribution in [-0.4, -0.2) is 26.6 Å². The molecular weight excluding hydrogens is 264 g/mol. The molecular formula is C17H20N2O2. The summed E-state index contributed by atoms with van der Waals surface area (Å²) in [6, 6.07) is 15.0. The zero-order valence-corrected chi connectivity index (χ0v) is 12.4. The van der Waals surface area contributed by atoms with E-state index in [0.717, 1.165) is 23.4 Å². The fraction of sp³-hybridized carbons (Fsp3) is 0.235. The van der Waals surface area contributed by atoms with E-state index in [1.807, 2.05) is 48.5 Å². The van der Waals surface area contributed by atoms with Crippen molar-refractivity contribution in [1.82, 2.24) is 0 Å². The molecule has 0 saturated carbocycles. The first-order valence-corrected chi connectivity index (χ1v) is 6.87. The van der Waals surface area contributed by atoms with Gasteiger partial charge in [-0.15, -0.1) is 0 Å². The lowest BCUT2D eigenvalue weighted by molar-refractivity contribution is 0.0993. The van der Waals surface area contributed by atoms with Crippen molar-refractivity contribution in [3.05, 3.63) is 59.7 Å². The molecule has 2 aromatic rings. The molecule has 0 unspecified atom stereocenters. The molecule has 0 aliphatic heterocycles. The number of benzene rings is 2. The van der Waals surface area contributed by atoms with Gasteiger partial charge >= 0.3 is 0 Å². The minimum atomic E-state index is -0.0536. The maximum atomic E-state index is 12.6. The summed E-state index contributed by atoms with van der Waals surface area (Å²) in [5.41, 5.74) is 8.09. The van der Waals surface area contributed by atoms with E-state index in [1.54, 1.807) is 19.1 Å². The number of hydrogen-bond acceptors (Lipinski definition) is 3. The standard InChI is InChI=1S/C17H20N2O2/c1-19(15-7-4-8-16(12-15)21-2)17(20)14-6-3-5-13(11-14)9-10-18/h3-8,11-12H,9-10,18H2,1-2H3. The number of amides is 1. The van der Waals surface area contributed by atoms with Gasteiger partial charge in [0.2, 0.25) is 0 Å². The van der Waals surface area contributed by atoms with Gasteiger partial charge < -0.3 is 15.4 Å². The Morgan fingerprint density at radius 2 is 1.95 bits per heavy atom. The molecule has 2 rings (SSSR count). The average molecular weight is 284 g/mol. The first-order valence-electron chi connectivity index (χ1n) is 6.87. The summed E-state index contributed by atoms with van der Waals surface area (Å²) < 4.78 is 5.19. The van der Waals surface area contributed by atoms with Crippen LogP contribution in [0.5, 0.6) is 5.75 Å². The molecule has 2 N–H and O–H groups in total. The Balaban J connectivity index is 2.23. The van der Waals surface area contributed by atoms with Gasteiger partial charge in [-0.25, -0.2) is 0 Å². The fourth-order valence-electron chi connectivity index (χ4n) is 2.16. The first kappa shape index (κ1) is 15.1. The van der Waals surface area contributed by atoms with Crippen LogP contribution < -0.4 is 15.4 Å². The third-order valence-corrected chi connectivity index (χ3v) is 3.35. The summed E-state index contributed by atoms with van der Waals surface area (Å²) in [5.74, 6) is 0.672. The van der Waals surface area contributed by atoms with Crippen molar-refractivity contribution in [2.24, 2.45) is 5.73 Å². The molecule has 0 aliphatic carbocycles. The lowest BCUT2D eigenvalue weighted by atomic mass is 10.1. The van der Waals surface area contributed by atoms with Crippen molar-refractivity contribution < 1.29 is 9.53 Å². The molecule has 110 valence electrons. The Kier molecular flexibility index (Phi) is 4.95. The number of carbonyl (C=O) groups is 1. The number of hydrogen-bond donors (Lipinski definition) is 1. The molecule has 0 aliphatic rings.